The number of rotatable bonds is 4. The van der Waals surface area contributed by atoms with Gasteiger partial charge in [-0.3, -0.25) is 0 Å². The number of hydrogen-bond acceptors (Lipinski definition) is 3. The first-order valence-corrected chi connectivity index (χ1v) is 5.82. The summed E-state index contributed by atoms with van der Waals surface area (Å²) in [6.07, 6.45) is 3.47. The topological polar surface area (TPSA) is 49.4 Å². The van der Waals surface area contributed by atoms with Crippen molar-refractivity contribution in [1.29, 1.82) is 0 Å². The van der Waals surface area contributed by atoms with Crippen LogP contribution < -0.4 is 34.7 Å². The molecule has 88 valence electrons. The molecule has 1 saturated carbocycles. The second-order valence-electron chi connectivity index (χ2n) is 5.05. The number of carboxylic acid groups (broad SMARTS) is 1. The van der Waals surface area contributed by atoms with Gasteiger partial charge >= 0.3 is 29.6 Å². The van der Waals surface area contributed by atoms with Crippen LogP contribution in [0, 0.1) is 17.8 Å². The third-order valence-corrected chi connectivity index (χ3v) is 3.38. The minimum atomic E-state index is -1.12. The van der Waals surface area contributed by atoms with Gasteiger partial charge in [0.1, 0.15) is 0 Å². The summed E-state index contributed by atoms with van der Waals surface area (Å²) in [5.74, 6) is 0.590. The van der Waals surface area contributed by atoms with Gasteiger partial charge in [-0.2, -0.15) is 0 Å². The monoisotopic (exact) mass is 236 g/mol. The van der Waals surface area contributed by atoms with E-state index in [4.69, 9.17) is 4.74 Å². The molecule has 0 bridgehead atoms. The van der Waals surface area contributed by atoms with E-state index in [1.807, 2.05) is 0 Å². The standard InChI is InChI=1S/C12H22O3.Na/c1-8(2)10-5-4-9(3)6-11(10)15-7-12(13)14;/h8-11H,4-7H2,1-3H3,(H,13,14);/q;+1/p-1. The van der Waals surface area contributed by atoms with E-state index < -0.39 is 5.97 Å². The molecule has 0 heterocycles. The van der Waals surface area contributed by atoms with E-state index in [1.165, 1.54) is 6.42 Å². The smallest absolute Gasteiger partial charge is 0.548 e. The van der Waals surface area contributed by atoms with Gasteiger partial charge in [0.25, 0.3) is 0 Å². The predicted octanol–water partition coefficient (Wildman–Crippen LogP) is -1.78. The van der Waals surface area contributed by atoms with Crippen LogP contribution in [0.3, 0.4) is 0 Å². The molecule has 1 aliphatic rings. The van der Waals surface area contributed by atoms with Crippen molar-refractivity contribution >= 4 is 5.97 Å². The Morgan fingerprint density at radius 3 is 2.56 bits per heavy atom. The van der Waals surface area contributed by atoms with Crippen LogP contribution in [0.1, 0.15) is 40.0 Å². The van der Waals surface area contributed by atoms with E-state index in [2.05, 4.69) is 20.8 Å². The molecule has 0 aliphatic heterocycles. The van der Waals surface area contributed by atoms with Crippen LogP contribution in [0.4, 0.5) is 0 Å². The molecule has 0 N–H and O–H groups in total. The van der Waals surface area contributed by atoms with E-state index in [0.717, 1.165) is 12.8 Å². The zero-order valence-electron chi connectivity index (χ0n) is 10.9. The zero-order chi connectivity index (χ0) is 11.4. The maximum absolute atomic E-state index is 10.4. The first kappa shape index (κ1) is 16.4. The van der Waals surface area contributed by atoms with Crippen LogP contribution in [0.15, 0.2) is 0 Å². The Kier molecular flexibility index (Phi) is 7.90. The quantitative estimate of drug-likeness (QED) is 0.542. The fourth-order valence-electron chi connectivity index (χ4n) is 2.48. The van der Waals surface area contributed by atoms with Crippen LogP contribution in [-0.2, 0) is 9.53 Å². The molecule has 4 heteroatoms. The van der Waals surface area contributed by atoms with Gasteiger partial charge < -0.3 is 14.6 Å². The zero-order valence-corrected chi connectivity index (χ0v) is 12.9. The Bertz CT molecular complexity index is 218. The van der Waals surface area contributed by atoms with Crippen molar-refractivity contribution in [1.82, 2.24) is 0 Å². The average Bonchev–Trinajstić information content (AvgIpc) is 2.14. The molecule has 1 fully saturated rings. The van der Waals surface area contributed by atoms with Crippen molar-refractivity contribution in [2.45, 2.75) is 46.1 Å². The van der Waals surface area contributed by atoms with Gasteiger partial charge in [0.15, 0.2) is 0 Å². The van der Waals surface area contributed by atoms with Crippen molar-refractivity contribution in [3.8, 4) is 0 Å². The van der Waals surface area contributed by atoms with E-state index in [0.29, 0.717) is 17.8 Å². The van der Waals surface area contributed by atoms with Crippen LogP contribution in [0.25, 0.3) is 0 Å². The van der Waals surface area contributed by atoms with Gasteiger partial charge in [-0.1, -0.05) is 27.2 Å². The second-order valence-corrected chi connectivity index (χ2v) is 5.05. The molecule has 1 rings (SSSR count). The molecule has 1 aliphatic carbocycles. The molecule has 0 spiro atoms. The molecular formula is C12H21NaO3. The van der Waals surface area contributed by atoms with Crippen molar-refractivity contribution < 1.29 is 44.2 Å². The number of hydrogen-bond donors (Lipinski definition) is 0. The van der Waals surface area contributed by atoms with E-state index in [-0.39, 0.29) is 42.3 Å². The summed E-state index contributed by atoms with van der Waals surface area (Å²) in [5, 5.41) is 10.4. The number of carbonyl (C=O) groups excluding carboxylic acids is 1. The molecule has 0 aromatic rings. The Morgan fingerprint density at radius 2 is 2.06 bits per heavy atom. The Morgan fingerprint density at radius 1 is 1.44 bits per heavy atom. The molecule has 0 saturated heterocycles. The molecule has 3 atom stereocenters. The van der Waals surface area contributed by atoms with Gasteiger partial charge in [-0.05, 0) is 30.6 Å². The first-order valence-electron chi connectivity index (χ1n) is 5.82. The fraction of sp³-hybridized carbons (Fsp3) is 0.917. The number of carbonyl (C=O) groups is 1. The van der Waals surface area contributed by atoms with Gasteiger partial charge in [-0.25, -0.2) is 0 Å². The summed E-state index contributed by atoms with van der Waals surface area (Å²) < 4.78 is 5.43. The van der Waals surface area contributed by atoms with Crippen molar-refractivity contribution in [2.24, 2.45) is 17.8 Å². The third-order valence-electron chi connectivity index (χ3n) is 3.38. The maximum atomic E-state index is 10.4. The maximum Gasteiger partial charge on any atom is 1.00 e. The first-order chi connectivity index (χ1) is 7.00. The van der Waals surface area contributed by atoms with Gasteiger partial charge in [0, 0.05) is 0 Å². The molecule has 0 radical (unpaired) electrons. The Hall–Kier alpha value is 0.430. The van der Waals surface area contributed by atoms with E-state index in [1.54, 1.807) is 0 Å². The summed E-state index contributed by atoms with van der Waals surface area (Å²) in [4.78, 5) is 10.4. The summed E-state index contributed by atoms with van der Waals surface area (Å²) in [5.41, 5.74) is 0. The number of aliphatic carboxylic acids is 1. The van der Waals surface area contributed by atoms with Crippen LogP contribution >= 0.6 is 0 Å². The number of ether oxygens (including phenoxy) is 1. The van der Waals surface area contributed by atoms with Crippen molar-refractivity contribution in [3.63, 3.8) is 0 Å². The Labute approximate surface area is 120 Å². The molecular weight excluding hydrogens is 215 g/mol. The normalized spacial score (nSPS) is 29.9. The fourth-order valence-corrected chi connectivity index (χ4v) is 2.48. The largest absolute Gasteiger partial charge is 1.00 e. The van der Waals surface area contributed by atoms with Crippen LogP contribution in [0.2, 0.25) is 0 Å². The third kappa shape index (κ3) is 5.17. The summed E-state index contributed by atoms with van der Waals surface area (Å²) >= 11 is 0. The SMILES string of the molecule is CC1CCC(C(C)C)C(OCC(=O)[O-])C1.[Na+]. The van der Waals surface area contributed by atoms with E-state index in [9.17, 15) is 9.90 Å². The van der Waals surface area contributed by atoms with Crippen molar-refractivity contribution in [2.75, 3.05) is 6.61 Å². The minimum Gasteiger partial charge on any atom is -0.548 e. The van der Waals surface area contributed by atoms with Gasteiger partial charge in [0.2, 0.25) is 0 Å². The molecule has 3 nitrogen and oxygen atoms in total. The summed E-state index contributed by atoms with van der Waals surface area (Å²) in [7, 11) is 0. The predicted molar refractivity (Wildman–Crippen MR) is 56.1 cm³/mol. The summed E-state index contributed by atoms with van der Waals surface area (Å²) in [6, 6.07) is 0. The molecule has 3 unspecified atom stereocenters. The molecule has 0 aromatic carbocycles. The Balaban J connectivity index is 0.00000225. The van der Waals surface area contributed by atoms with E-state index >= 15 is 0 Å². The van der Waals surface area contributed by atoms with Gasteiger partial charge in [-0.15, -0.1) is 0 Å². The minimum absolute atomic E-state index is 0. The summed E-state index contributed by atoms with van der Waals surface area (Å²) in [6.45, 7) is 6.29. The number of carboxylic acids is 1. The molecule has 0 amide bonds. The second kappa shape index (κ2) is 7.70. The van der Waals surface area contributed by atoms with Crippen LogP contribution in [-0.4, -0.2) is 18.7 Å². The van der Waals surface area contributed by atoms with Crippen LogP contribution in [0.5, 0.6) is 0 Å². The molecule has 0 aromatic heterocycles. The molecule has 16 heavy (non-hydrogen) atoms. The van der Waals surface area contributed by atoms with Gasteiger partial charge in [0.05, 0.1) is 18.7 Å². The van der Waals surface area contributed by atoms with Crippen molar-refractivity contribution in [3.05, 3.63) is 0 Å². The average molecular weight is 236 g/mol.